The van der Waals surface area contributed by atoms with Crippen LogP contribution in [0.25, 0.3) is 0 Å². The van der Waals surface area contributed by atoms with E-state index >= 15 is 0 Å². The second-order valence-corrected chi connectivity index (χ2v) is 4.21. The minimum absolute atomic E-state index is 0.0622. The topological polar surface area (TPSA) is 26.3 Å². The molecule has 0 aliphatic rings. The van der Waals surface area contributed by atoms with Crippen molar-refractivity contribution < 1.29 is 9.53 Å². The van der Waals surface area contributed by atoms with Crippen molar-refractivity contribution in [3.05, 3.63) is 0 Å². The van der Waals surface area contributed by atoms with E-state index in [-0.39, 0.29) is 5.97 Å². The van der Waals surface area contributed by atoms with Crippen LogP contribution in [-0.2, 0) is 9.53 Å². The van der Waals surface area contributed by atoms with Crippen LogP contribution >= 0.6 is 45.2 Å². The number of unbranched alkanes of at least 4 members (excludes halogenated alkanes) is 1. The van der Waals surface area contributed by atoms with Crippen molar-refractivity contribution >= 4 is 51.2 Å². The molecule has 0 spiro atoms. The number of carbonyl (C=O) groups is 1. The largest absolute Gasteiger partial charge is 0.466 e. The van der Waals surface area contributed by atoms with Crippen LogP contribution in [0.15, 0.2) is 0 Å². The van der Waals surface area contributed by atoms with Gasteiger partial charge in [-0.3, -0.25) is 4.79 Å². The Morgan fingerprint density at radius 2 is 1.91 bits per heavy atom. The van der Waals surface area contributed by atoms with Gasteiger partial charge in [0.25, 0.3) is 0 Å². The molecule has 0 rings (SSSR count). The number of halogens is 2. The zero-order valence-corrected chi connectivity index (χ0v) is 10.6. The lowest BCUT2D eigenvalue weighted by molar-refractivity contribution is -0.143. The standard InChI is InChI=1S/C7H12I2O2/c8-4-1-2-6-11-7(10)3-5-9/h1-6H2. The van der Waals surface area contributed by atoms with Crippen LogP contribution in [-0.4, -0.2) is 21.4 Å². The Morgan fingerprint density at radius 1 is 1.18 bits per heavy atom. The molecular formula is C7H12I2O2. The lowest BCUT2D eigenvalue weighted by Gasteiger charge is -2.01. The van der Waals surface area contributed by atoms with Gasteiger partial charge in [0.2, 0.25) is 0 Å². The van der Waals surface area contributed by atoms with Crippen molar-refractivity contribution in [1.82, 2.24) is 0 Å². The summed E-state index contributed by atoms with van der Waals surface area (Å²) in [5, 5.41) is 0. The fourth-order valence-corrected chi connectivity index (χ4v) is 1.51. The number of rotatable bonds is 6. The molecule has 0 aliphatic carbocycles. The summed E-state index contributed by atoms with van der Waals surface area (Å²) >= 11 is 4.49. The number of esters is 1. The summed E-state index contributed by atoms with van der Waals surface area (Å²) in [7, 11) is 0. The molecule has 66 valence electrons. The van der Waals surface area contributed by atoms with Gasteiger partial charge in [-0.1, -0.05) is 45.2 Å². The van der Waals surface area contributed by atoms with E-state index in [2.05, 4.69) is 45.2 Å². The number of ether oxygens (including phenoxy) is 1. The van der Waals surface area contributed by atoms with E-state index in [0.29, 0.717) is 13.0 Å². The quantitative estimate of drug-likeness (QED) is 0.306. The molecule has 0 N–H and O–H groups in total. The first kappa shape index (κ1) is 11.9. The molecule has 0 atom stereocenters. The maximum Gasteiger partial charge on any atom is 0.306 e. The zero-order valence-electron chi connectivity index (χ0n) is 6.32. The van der Waals surface area contributed by atoms with Crippen molar-refractivity contribution in [2.75, 3.05) is 15.5 Å². The van der Waals surface area contributed by atoms with E-state index in [1.54, 1.807) is 0 Å². The molecule has 0 radical (unpaired) electrons. The molecule has 0 saturated heterocycles. The van der Waals surface area contributed by atoms with Gasteiger partial charge in [0, 0.05) is 4.43 Å². The second-order valence-electron chi connectivity index (χ2n) is 2.06. The highest BCUT2D eigenvalue weighted by atomic mass is 127. The van der Waals surface area contributed by atoms with Crippen LogP contribution in [0.5, 0.6) is 0 Å². The smallest absolute Gasteiger partial charge is 0.306 e. The first-order chi connectivity index (χ1) is 5.31. The Labute approximate surface area is 94.7 Å². The molecule has 0 heterocycles. The van der Waals surface area contributed by atoms with Gasteiger partial charge in [-0.25, -0.2) is 0 Å². The van der Waals surface area contributed by atoms with Gasteiger partial charge in [0.15, 0.2) is 0 Å². The molecule has 0 aromatic heterocycles. The number of carbonyl (C=O) groups excluding carboxylic acids is 1. The van der Waals surface area contributed by atoms with Gasteiger partial charge >= 0.3 is 5.97 Å². The maximum absolute atomic E-state index is 10.8. The molecule has 0 aromatic rings. The molecule has 11 heavy (non-hydrogen) atoms. The first-order valence-corrected chi connectivity index (χ1v) is 6.64. The minimum Gasteiger partial charge on any atom is -0.466 e. The van der Waals surface area contributed by atoms with Gasteiger partial charge in [-0.15, -0.1) is 0 Å². The monoisotopic (exact) mass is 382 g/mol. The molecule has 0 amide bonds. The lowest BCUT2D eigenvalue weighted by Crippen LogP contribution is -2.05. The highest BCUT2D eigenvalue weighted by Gasteiger charge is 1.99. The van der Waals surface area contributed by atoms with Crippen molar-refractivity contribution in [2.45, 2.75) is 19.3 Å². The van der Waals surface area contributed by atoms with Crippen molar-refractivity contribution in [1.29, 1.82) is 0 Å². The van der Waals surface area contributed by atoms with Gasteiger partial charge in [-0.05, 0) is 17.3 Å². The highest BCUT2D eigenvalue weighted by Crippen LogP contribution is 1.97. The third kappa shape index (κ3) is 8.84. The third-order valence-electron chi connectivity index (χ3n) is 1.09. The molecular weight excluding hydrogens is 370 g/mol. The SMILES string of the molecule is O=C(CCI)OCCCCI. The van der Waals surface area contributed by atoms with Gasteiger partial charge < -0.3 is 4.74 Å². The third-order valence-corrected chi connectivity index (χ3v) is 2.39. The summed E-state index contributed by atoms with van der Waals surface area (Å²) < 4.78 is 6.93. The molecule has 0 bridgehead atoms. The number of hydrogen-bond acceptors (Lipinski definition) is 2. The van der Waals surface area contributed by atoms with E-state index < -0.39 is 0 Å². The average Bonchev–Trinajstić information content (AvgIpc) is 1.99. The Kier molecular flexibility index (Phi) is 9.78. The van der Waals surface area contributed by atoms with E-state index in [9.17, 15) is 4.79 Å². The molecule has 4 heteroatoms. The fraction of sp³-hybridized carbons (Fsp3) is 0.857. The Balaban J connectivity index is 3.04. The average molecular weight is 382 g/mol. The summed E-state index contributed by atoms with van der Waals surface area (Å²) in [5.41, 5.74) is 0. The van der Waals surface area contributed by atoms with Gasteiger partial charge in [-0.2, -0.15) is 0 Å². The molecule has 0 aromatic carbocycles. The second kappa shape index (κ2) is 9.02. The zero-order chi connectivity index (χ0) is 8.53. The summed E-state index contributed by atoms with van der Waals surface area (Å²) in [4.78, 5) is 10.8. The molecule has 0 fully saturated rings. The normalized spacial score (nSPS) is 9.64. The summed E-state index contributed by atoms with van der Waals surface area (Å²) in [6.07, 6.45) is 2.68. The van der Waals surface area contributed by atoms with Gasteiger partial charge in [0.05, 0.1) is 13.0 Å². The van der Waals surface area contributed by atoms with E-state index in [1.807, 2.05) is 0 Å². The van der Waals surface area contributed by atoms with Crippen LogP contribution in [0.2, 0.25) is 0 Å². The van der Waals surface area contributed by atoms with E-state index in [1.165, 1.54) is 0 Å². The van der Waals surface area contributed by atoms with Gasteiger partial charge in [0.1, 0.15) is 0 Å². The summed E-state index contributed by atoms with van der Waals surface area (Å²) in [6, 6.07) is 0. The summed E-state index contributed by atoms with van der Waals surface area (Å²) in [5.74, 6) is -0.0622. The molecule has 0 saturated carbocycles. The number of hydrogen-bond donors (Lipinski definition) is 0. The molecule has 2 nitrogen and oxygen atoms in total. The Bertz CT molecular complexity index is 107. The maximum atomic E-state index is 10.8. The first-order valence-electron chi connectivity index (χ1n) is 3.58. The Hall–Kier alpha value is 0.930. The number of alkyl halides is 2. The van der Waals surface area contributed by atoms with Crippen LogP contribution in [0.4, 0.5) is 0 Å². The van der Waals surface area contributed by atoms with Crippen molar-refractivity contribution in [3.8, 4) is 0 Å². The van der Waals surface area contributed by atoms with Crippen LogP contribution in [0.1, 0.15) is 19.3 Å². The van der Waals surface area contributed by atoms with Crippen molar-refractivity contribution in [2.24, 2.45) is 0 Å². The predicted octanol–water partition coefficient (Wildman–Crippen LogP) is 2.57. The van der Waals surface area contributed by atoms with Crippen molar-refractivity contribution in [3.63, 3.8) is 0 Å². The van der Waals surface area contributed by atoms with Crippen LogP contribution in [0, 0.1) is 0 Å². The minimum atomic E-state index is -0.0622. The van der Waals surface area contributed by atoms with Crippen LogP contribution in [0.3, 0.4) is 0 Å². The van der Waals surface area contributed by atoms with E-state index in [4.69, 9.17) is 4.74 Å². The van der Waals surface area contributed by atoms with E-state index in [0.717, 1.165) is 21.7 Å². The molecule has 0 aliphatic heterocycles. The lowest BCUT2D eigenvalue weighted by atomic mass is 10.4. The predicted molar refractivity (Wildman–Crippen MR) is 62.6 cm³/mol. The fourth-order valence-electron chi connectivity index (χ4n) is 0.532. The Morgan fingerprint density at radius 3 is 2.45 bits per heavy atom. The highest BCUT2D eigenvalue weighted by molar-refractivity contribution is 14.1. The summed E-state index contributed by atoms with van der Waals surface area (Å²) in [6.45, 7) is 0.596. The molecule has 0 unspecified atom stereocenters. The van der Waals surface area contributed by atoms with Crippen LogP contribution < -0.4 is 0 Å².